The number of nitrogens with two attached hydrogens (primary N) is 1. The molecule has 0 aromatic heterocycles. The molecule has 20 heavy (non-hydrogen) atoms. The van der Waals surface area contributed by atoms with E-state index >= 15 is 0 Å². The fourth-order valence-corrected chi connectivity index (χ4v) is 4.54. The van der Waals surface area contributed by atoms with Gasteiger partial charge in [-0.2, -0.15) is 0 Å². The van der Waals surface area contributed by atoms with E-state index in [1.54, 1.807) is 0 Å². The molecule has 3 heteroatoms. The van der Waals surface area contributed by atoms with Gasteiger partial charge in [0.05, 0.1) is 11.7 Å². The van der Waals surface area contributed by atoms with E-state index in [1.165, 1.54) is 70.9 Å². The first kappa shape index (κ1) is 14.8. The maximum absolute atomic E-state index is 6.50. The minimum absolute atomic E-state index is 0.285. The number of piperidine rings is 1. The quantitative estimate of drug-likeness (QED) is 0.864. The van der Waals surface area contributed by atoms with Crippen LogP contribution in [-0.4, -0.2) is 42.3 Å². The molecular weight excluding hydrogens is 248 g/mol. The van der Waals surface area contributed by atoms with Crippen molar-refractivity contribution >= 4 is 0 Å². The molecule has 2 aliphatic heterocycles. The van der Waals surface area contributed by atoms with Crippen molar-refractivity contribution in [3.05, 3.63) is 0 Å². The lowest BCUT2D eigenvalue weighted by atomic mass is 9.83. The van der Waals surface area contributed by atoms with Crippen LogP contribution in [0.15, 0.2) is 0 Å². The highest BCUT2D eigenvalue weighted by atomic mass is 16.5. The summed E-state index contributed by atoms with van der Waals surface area (Å²) in [7, 11) is 0. The number of ether oxygens (including phenoxy) is 1. The van der Waals surface area contributed by atoms with Gasteiger partial charge in [0.2, 0.25) is 0 Å². The Morgan fingerprint density at radius 3 is 2.45 bits per heavy atom. The summed E-state index contributed by atoms with van der Waals surface area (Å²) in [4.78, 5) is 2.62. The Bertz CT molecular complexity index is 304. The average molecular weight is 280 g/mol. The highest BCUT2D eigenvalue weighted by molar-refractivity contribution is 4.92. The fourth-order valence-electron chi connectivity index (χ4n) is 4.54. The Balaban J connectivity index is 1.43. The van der Waals surface area contributed by atoms with Crippen LogP contribution in [0, 0.1) is 5.92 Å². The Labute approximate surface area is 124 Å². The van der Waals surface area contributed by atoms with Crippen molar-refractivity contribution < 1.29 is 4.74 Å². The number of rotatable bonds is 3. The zero-order valence-corrected chi connectivity index (χ0v) is 13.2. The van der Waals surface area contributed by atoms with Gasteiger partial charge in [-0.25, -0.2) is 0 Å². The molecule has 3 aliphatic rings. The minimum atomic E-state index is 0.285. The van der Waals surface area contributed by atoms with Gasteiger partial charge in [-0.15, -0.1) is 0 Å². The molecule has 0 bridgehead atoms. The highest BCUT2D eigenvalue weighted by Gasteiger charge is 2.41. The predicted molar refractivity (Wildman–Crippen MR) is 82.7 cm³/mol. The van der Waals surface area contributed by atoms with Crippen LogP contribution in [0.25, 0.3) is 0 Å². The summed E-state index contributed by atoms with van der Waals surface area (Å²) in [6.07, 6.45) is 12.5. The molecule has 2 saturated heterocycles. The van der Waals surface area contributed by atoms with Crippen molar-refractivity contribution in [2.45, 2.75) is 82.5 Å². The van der Waals surface area contributed by atoms with Gasteiger partial charge >= 0.3 is 0 Å². The summed E-state index contributed by atoms with van der Waals surface area (Å²) >= 11 is 0. The Kier molecular flexibility index (Phi) is 4.68. The SMILES string of the molecule is CC(N)C1CCN(CC2CCC3(CCCCC3)O2)CC1. The molecule has 1 aliphatic carbocycles. The largest absolute Gasteiger partial charge is 0.370 e. The van der Waals surface area contributed by atoms with E-state index in [1.807, 2.05) is 0 Å². The average Bonchev–Trinajstić information content (AvgIpc) is 2.83. The van der Waals surface area contributed by atoms with Crippen molar-refractivity contribution in [1.29, 1.82) is 0 Å². The van der Waals surface area contributed by atoms with Gasteiger partial charge in [0.15, 0.2) is 0 Å². The lowest BCUT2D eigenvalue weighted by Crippen LogP contribution is -2.43. The molecule has 3 rings (SSSR count). The topological polar surface area (TPSA) is 38.5 Å². The van der Waals surface area contributed by atoms with E-state index in [9.17, 15) is 0 Å². The molecule has 3 fully saturated rings. The molecule has 0 aromatic carbocycles. The Morgan fingerprint density at radius 1 is 1.10 bits per heavy atom. The third-order valence-electron chi connectivity index (χ3n) is 5.94. The predicted octanol–water partition coefficient (Wildman–Crippen LogP) is 2.93. The van der Waals surface area contributed by atoms with E-state index in [4.69, 9.17) is 10.5 Å². The van der Waals surface area contributed by atoms with E-state index in [0.29, 0.717) is 12.1 Å². The first-order valence-corrected chi connectivity index (χ1v) is 8.83. The molecule has 2 unspecified atom stereocenters. The van der Waals surface area contributed by atoms with Gasteiger partial charge in [-0.05, 0) is 64.5 Å². The summed E-state index contributed by atoms with van der Waals surface area (Å²) in [5, 5.41) is 0. The normalized spacial score (nSPS) is 33.6. The van der Waals surface area contributed by atoms with Crippen LogP contribution in [0.3, 0.4) is 0 Å². The monoisotopic (exact) mass is 280 g/mol. The molecule has 2 heterocycles. The smallest absolute Gasteiger partial charge is 0.0710 e. The minimum Gasteiger partial charge on any atom is -0.370 e. The maximum Gasteiger partial charge on any atom is 0.0710 e. The number of hydrogen-bond donors (Lipinski definition) is 1. The van der Waals surface area contributed by atoms with Crippen molar-refractivity contribution in [3.8, 4) is 0 Å². The van der Waals surface area contributed by atoms with E-state index in [2.05, 4.69) is 11.8 Å². The van der Waals surface area contributed by atoms with Crippen molar-refractivity contribution in [3.63, 3.8) is 0 Å². The molecule has 2 atom stereocenters. The van der Waals surface area contributed by atoms with Crippen LogP contribution in [0.4, 0.5) is 0 Å². The van der Waals surface area contributed by atoms with Crippen molar-refractivity contribution in [2.24, 2.45) is 11.7 Å². The Morgan fingerprint density at radius 2 is 1.80 bits per heavy atom. The van der Waals surface area contributed by atoms with E-state index < -0.39 is 0 Å². The molecule has 3 nitrogen and oxygen atoms in total. The van der Waals surface area contributed by atoms with Crippen molar-refractivity contribution in [2.75, 3.05) is 19.6 Å². The standard InChI is InChI=1S/C17H32N2O/c1-14(18)15-6-11-19(12-7-15)13-16-5-10-17(20-16)8-3-2-4-9-17/h14-16H,2-13,18H2,1H3. The molecular formula is C17H32N2O. The lowest BCUT2D eigenvalue weighted by molar-refractivity contribution is -0.0737. The zero-order chi connectivity index (χ0) is 14.0. The molecule has 2 N–H and O–H groups in total. The lowest BCUT2D eigenvalue weighted by Gasteiger charge is -2.36. The number of hydrogen-bond acceptors (Lipinski definition) is 3. The first-order chi connectivity index (χ1) is 9.67. The molecule has 1 saturated carbocycles. The van der Waals surface area contributed by atoms with Crippen LogP contribution in [0.5, 0.6) is 0 Å². The van der Waals surface area contributed by atoms with Gasteiger partial charge in [-0.1, -0.05) is 19.3 Å². The molecule has 0 aromatic rings. The number of likely N-dealkylation sites (tertiary alicyclic amines) is 1. The van der Waals surface area contributed by atoms with Gasteiger partial charge in [0.25, 0.3) is 0 Å². The molecule has 0 radical (unpaired) electrons. The summed E-state index contributed by atoms with van der Waals surface area (Å²) in [5.41, 5.74) is 6.31. The summed E-state index contributed by atoms with van der Waals surface area (Å²) < 4.78 is 6.50. The van der Waals surface area contributed by atoms with Crippen LogP contribution < -0.4 is 5.73 Å². The molecule has 116 valence electrons. The Hall–Kier alpha value is -0.120. The van der Waals surface area contributed by atoms with Gasteiger partial charge in [0.1, 0.15) is 0 Å². The third kappa shape index (κ3) is 3.37. The summed E-state index contributed by atoms with van der Waals surface area (Å²) in [6, 6.07) is 0.366. The first-order valence-electron chi connectivity index (χ1n) is 8.83. The summed E-state index contributed by atoms with van der Waals surface area (Å²) in [6.45, 7) is 5.76. The van der Waals surface area contributed by atoms with Crippen LogP contribution >= 0.6 is 0 Å². The third-order valence-corrected chi connectivity index (χ3v) is 5.94. The zero-order valence-electron chi connectivity index (χ0n) is 13.2. The van der Waals surface area contributed by atoms with Gasteiger partial charge < -0.3 is 15.4 Å². The highest BCUT2D eigenvalue weighted by Crippen LogP contribution is 2.42. The second kappa shape index (κ2) is 6.33. The molecule has 1 spiro atoms. The van der Waals surface area contributed by atoms with E-state index in [-0.39, 0.29) is 5.60 Å². The number of nitrogens with zero attached hydrogens (tertiary/aromatic N) is 1. The second-order valence-corrected chi connectivity index (χ2v) is 7.52. The van der Waals surface area contributed by atoms with Crippen LogP contribution in [0.2, 0.25) is 0 Å². The summed E-state index contributed by atoms with van der Waals surface area (Å²) in [5.74, 6) is 0.737. The second-order valence-electron chi connectivity index (χ2n) is 7.52. The van der Waals surface area contributed by atoms with Crippen LogP contribution in [0.1, 0.15) is 64.7 Å². The molecule has 0 amide bonds. The van der Waals surface area contributed by atoms with Gasteiger partial charge in [0, 0.05) is 12.6 Å². The van der Waals surface area contributed by atoms with Crippen molar-refractivity contribution in [1.82, 2.24) is 4.90 Å². The fraction of sp³-hybridized carbons (Fsp3) is 1.00. The van der Waals surface area contributed by atoms with Gasteiger partial charge in [-0.3, -0.25) is 0 Å². The maximum atomic E-state index is 6.50. The van der Waals surface area contributed by atoms with E-state index in [0.717, 1.165) is 12.5 Å². The van der Waals surface area contributed by atoms with Crippen LogP contribution in [-0.2, 0) is 4.74 Å².